The number of rotatable bonds is 17. The molecule has 359 valence electrons. The topological polar surface area (TPSA) is 433 Å². The first-order chi connectivity index (χ1) is 27.4. The SMILES string of the molecule is CC(C)NC(COCC([NH-])=O)(COCC([NH-])=O)COCC([NH-])=O.CC1[C@H](O)OC(CO)[C@H](O)[C@@H]1O.CC1[C@H](O)OC(CO)[C@H](O)[C@@H]1O.CC1[C@H](O)OC(CO)[C@H](O)[C@@H]1O.[Y].[Y].[Y]. The molecule has 0 spiro atoms. The molecule has 3 amide bonds. The molecule has 3 rings (SSSR count). The van der Waals surface area contributed by atoms with Gasteiger partial charge in [-0.1, -0.05) is 34.6 Å². The molecule has 0 bridgehead atoms. The molecule has 3 saturated heterocycles. The van der Waals surface area contributed by atoms with E-state index in [0.29, 0.717) is 0 Å². The van der Waals surface area contributed by atoms with Crippen LogP contribution in [-0.4, -0.2) is 224 Å². The fourth-order valence-corrected chi connectivity index (χ4v) is 5.58. The molecular weight excluding hydrogens is 1070 g/mol. The third-order valence-corrected chi connectivity index (χ3v) is 9.07. The Morgan fingerprint density at radius 1 is 0.516 bits per heavy atom. The summed E-state index contributed by atoms with van der Waals surface area (Å²) in [5, 5.41) is 112. The standard InChI is InChI=1S/C13H26N4O6.3C7H14O5.3Y/c1-9(2)17-13(6-21-3-10(14)18,7-22-4-11(15)19)8-23-5-12(16)20;3*1-3-5(9)6(10)4(2-8)12-7(3)11;;;/h9,17H,3-8H2,1-2H3,(H6,14,15,16,18,19,20);3*3-11H,2H2,1H3;;;/p-3/t;3*3?,4?,5-,6+,7-;;;/m.111.../s1. The molecule has 3 aliphatic rings. The van der Waals surface area contributed by atoms with Crippen molar-refractivity contribution in [3.63, 3.8) is 0 Å². The number of aliphatic hydroxyl groups excluding tert-OH is 12. The van der Waals surface area contributed by atoms with Gasteiger partial charge in [-0.3, -0.25) is 0 Å². The predicted molar refractivity (Wildman–Crippen MR) is 199 cm³/mol. The quantitative estimate of drug-likeness (QED) is 0.0647. The van der Waals surface area contributed by atoms with Gasteiger partial charge < -0.3 is 127 Å². The van der Waals surface area contributed by atoms with E-state index in [1.165, 1.54) is 0 Å². The molecule has 16 N–H and O–H groups in total. The maximum Gasteiger partial charge on any atom is 0.160 e. The summed E-state index contributed by atoms with van der Waals surface area (Å²) < 4.78 is 29.9. The van der Waals surface area contributed by atoms with E-state index in [9.17, 15) is 45.0 Å². The van der Waals surface area contributed by atoms with Crippen molar-refractivity contribution in [3.05, 3.63) is 17.2 Å². The molecule has 28 heteroatoms. The van der Waals surface area contributed by atoms with Crippen molar-refractivity contribution >= 4 is 17.7 Å². The van der Waals surface area contributed by atoms with Gasteiger partial charge in [0, 0.05) is 122 Å². The van der Waals surface area contributed by atoms with Crippen LogP contribution in [0.1, 0.15) is 34.6 Å². The van der Waals surface area contributed by atoms with Crippen LogP contribution >= 0.6 is 0 Å². The molecule has 15 atom stereocenters. The van der Waals surface area contributed by atoms with Crippen LogP contribution in [0.3, 0.4) is 0 Å². The molecule has 62 heavy (non-hydrogen) atoms. The van der Waals surface area contributed by atoms with Gasteiger partial charge >= 0.3 is 0 Å². The fraction of sp³-hybridized carbons (Fsp3) is 0.912. The average Bonchev–Trinajstić information content (AvgIpc) is 3.16. The minimum atomic E-state index is -1.13. The summed E-state index contributed by atoms with van der Waals surface area (Å²) >= 11 is 0. The Kier molecular flexibility index (Phi) is 40.4. The van der Waals surface area contributed by atoms with Crippen LogP contribution in [0.15, 0.2) is 0 Å². The number of hydrogen-bond acceptors (Lipinski definition) is 22. The average molecular weight is 1130 g/mol. The van der Waals surface area contributed by atoms with Crippen molar-refractivity contribution in [1.82, 2.24) is 5.32 Å². The van der Waals surface area contributed by atoms with E-state index in [2.05, 4.69) is 5.32 Å². The second-order valence-corrected chi connectivity index (χ2v) is 14.6. The van der Waals surface area contributed by atoms with Gasteiger partial charge in [0.15, 0.2) is 18.9 Å². The molecule has 0 aromatic heterocycles. The number of hydrogen-bond donors (Lipinski definition) is 13. The zero-order chi connectivity index (χ0) is 45.8. The molecule has 3 heterocycles. The van der Waals surface area contributed by atoms with E-state index in [-0.39, 0.29) is 124 Å². The van der Waals surface area contributed by atoms with Crippen LogP contribution in [0.25, 0.3) is 17.2 Å². The van der Waals surface area contributed by atoms with Crippen LogP contribution in [0.4, 0.5) is 0 Å². The minimum absolute atomic E-state index is 0. The third-order valence-electron chi connectivity index (χ3n) is 9.07. The molecule has 25 nitrogen and oxygen atoms in total. The molecule has 3 aliphatic heterocycles. The maximum atomic E-state index is 10.7. The normalized spacial score (nSPS) is 32.9. The first kappa shape index (κ1) is 69.5. The zero-order valence-corrected chi connectivity index (χ0v) is 43.9. The molecule has 6 unspecified atom stereocenters. The Hall–Kier alpha value is 0.962. The van der Waals surface area contributed by atoms with E-state index in [1.807, 2.05) is 13.8 Å². The summed E-state index contributed by atoms with van der Waals surface area (Å²) in [6.45, 7) is 5.64. The number of amides is 3. The number of ether oxygens (including phenoxy) is 6. The van der Waals surface area contributed by atoms with Crippen molar-refractivity contribution in [2.24, 2.45) is 17.8 Å². The van der Waals surface area contributed by atoms with Gasteiger partial charge in [0.1, 0.15) is 36.6 Å². The predicted octanol–water partition coefficient (Wildman–Crippen LogP) is -5.34. The largest absolute Gasteiger partial charge is 0.666 e. The van der Waals surface area contributed by atoms with Crippen LogP contribution in [0.2, 0.25) is 0 Å². The summed E-state index contributed by atoms with van der Waals surface area (Å²) in [6, 6.07) is -0.0455. The first-order valence-corrected chi connectivity index (χ1v) is 18.6. The van der Waals surface area contributed by atoms with E-state index >= 15 is 0 Å². The van der Waals surface area contributed by atoms with Crippen molar-refractivity contribution in [2.75, 3.05) is 59.5 Å². The molecule has 0 aliphatic carbocycles. The molecular formula is C34H65N4O21Y3-3. The second kappa shape index (κ2) is 36.0. The number of carbonyl (C=O) groups excluding carboxylic acids is 3. The maximum absolute atomic E-state index is 10.7. The van der Waals surface area contributed by atoms with Gasteiger partial charge in [0.25, 0.3) is 0 Å². The number of nitrogens with one attached hydrogen (secondary N) is 4. The molecule has 3 radical (unpaired) electrons. The molecule has 0 aromatic carbocycles. The second-order valence-electron chi connectivity index (χ2n) is 14.6. The van der Waals surface area contributed by atoms with Crippen LogP contribution < -0.4 is 5.32 Å². The summed E-state index contributed by atoms with van der Waals surface area (Å²) in [4.78, 5) is 32.0. The Labute approximate surface area is 435 Å². The molecule has 3 fully saturated rings. The van der Waals surface area contributed by atoms with E-state index in [0.717, 1.165) is 0 Å². The number of carbonyl (C=O) groups is 3. The van der Waals surface area contributed by atoms with E-state index in [1.54, 1.807) is 20.8 Å². The summed E-state index contributed by atoms with van der Waals surface area (Å²) in [6.07, 6.45) is -12.6. The van der Waals surface area contributed by atoms with Gasteiger partial charge in [0.05, 0.1) is 101 Å². The smallest absolute Gasteiger partial charge is 0.160 e. The van der Waals surface area contributed by atoms with Crippen molar-refractivity contribution < 1.29 is 202 Å². The fourth-order valence-electron chi connectivity index (χ4n) is 5.58. The van der Waals surface area contributed by atoms with Gasteiger partial charge in [-0.15, -0.1) is 0 Å². The monoisotopic (exact) mass is 1130 g/mol. The van der Waals surface area contributed by atoms with E-state index < -0.39 is 154 Å². The molecule has 0 saturated carbocycles. The summed E-state index contributed by atoms with van der Waals surface area (Å²) in [7, 11) is 0. The Balaban J connectivity index is -0.000000372. The Morgan fingerprint density at radius 2 is 0.742 bits per heavy atom. The van der Waals surface area contributed by atoms with Crippen molar-refractivity contribution in [3.8, 4) is 0 Å². The van der Waals surface area contributed by atoms with Crippen LogP contribution in [-0.2, 0) is 141 Å². The van der Waals surface area contributed by atoms with Gasteiger partial charge in [-0.05, 0) is 0 Å². The van der Waals surface area contributed by atoms with Gasteiger partial charge in [0.2, 0.25) is 0 Å². The van der Waals surface area contributed by atoms with Gasteiger partial charge in [-0.2, -0.15) is 0 Å². The third kappa shape index (κ3) is 25.4. The van der Waals surface area contributed by atoms with Crippen molar-refractivity contribution in [1.29, 1.82) is 0 Å². The van der Waals surface area contributed by atoms with Gasteiger partial charge in [-0.25, -0.2) is 0 Å². The Bertz CT molecular complexity index is 1070. The van der Waals surface area contributed by atoms with Crippen LogP contribution in [0, 0.1) is 17.8 Å². The van der Waals surface area contributed by atoms with Crippen molar-refractivity contribution in [2.45, 2.75) is 120 Å². The first-order valence-electron chi connectivity index (χ1n) is 18.6. The van der Waals surface area contributed by atoms with Crippen LogP contribution in [0.5, 0.6) is 0 Å². The Morgan fingerprint density at radius 3 is 0.919 bits per heavy atom. The van der Waals surface area contributed by atoms with E-state index in [4.69, 9.17) is 76.3 Å². The molecule has 0 aromatic rings. The summed E-state index contributed by atoms with van der Waals surface area (Å²) in [5.41, 5.74) is 19.5. The summed E-state index contributed by atoms with van der Waals surface area (Å²) in [5.74, 6) is -4.30. The number of aliphatic hydroxyl groups is 12. The minimum Gasteiger partial charge on any atom is -0.666 e. The zero-order valence-electron chi connectivity index (χ0n) is 35.4.